The van der Waals surface area contributed by atoms with Gasteiger partial charge in [0.05, 0.1) is 0 Å². The maximum atomic E-state index is 9.88. The molecule has 0 fully saturated rings. The fourth-order valence-electron chi connectivity index (χ4n) is 2.43. The predicted molar refractivity (Wildman–Crippen MR) is 81.6 cm³/mol. The van der Waals surface area contributed by atoms with Crippen LogP contribution >= 0.6 is 0 Å². The fraction of sp³-hybridized carbons (Fsp3) is 0.118. The van der Waals surface area contributed by atoms with E-state index in [1.807, 2.05) is 18.2 Å². The number of fused-ring (bicyclic) bond motifs is 1. The Hall–Kier alpha value is -2.39. The maximum absolute atomic E-state index is 9.88. The van der Waals surface area contributed by atoms with Crippen LogP contribution in [0.4, 0.5) is 0 Å². The number of nitrogens with two attached hydrogens (primary N) is 1. The fourth-order valence-corrected chi connectivity index (χ4v) is 2.43. The van der Waals surface area contributed by atoms with Crippen molar-refractivity contribution in [2.45, 2.75) is 6.42 Å². The highest BCUT2D eigenvalue weighted by atomic mass is 16.3. The van der Waals surface area contributed by atoms with Crippen LogP contribution in [0.25, 0.3) is 22.0 Å². The van der Waals surface area contributed by atoms with E-state index < -0.39 is 0 Å². The molecule has 0 unspecified atom stereocenters. The molecule has 0 saturated carbocycles. The van der Waals surface area contributed by atoms with Gasteiger partial charge in [0.2, 0.25) is 0 Å². The molecular formula is C17H16N2O. The highest BCUT2D eigenvalue weighted by molar-refractivity contribution is 5.97. The van der Waals surface area contributed by atoms with E-state index >= 15 is 0 Å². The molecule has 1 aromatic heterocycles. The van der Waals surface area contributed by atoms with Gasteiger partial charge in [0.1, 0.15) is 11.3 Å². The number of hydrogen-bond donors (Lipinski definition) is 2. The van der Waals surface area contributed by atoms with Gasteiger partial charge in [-0.05, 0) is 47.9 Å². The highest BCUT2D eigenvalue weighted by Gasteiger charge is 2.07. The lowest BCUT2D eigenvalue weighted by atomic mass is 9.98. The third-order valence-corrected chi connectivity index (χ3v) is 3.45. The summed E-state index contributed by atoms with van der Waals surface area (Å²) in [6, 6.07) is 15.8. The molecule has 20 heavy (non-hydrogen) atoms. The number of phenols is 1. The van der Waals surface area contributed by atoms with Crippen molar-refractivity contribution in [2.24, 2.45) is 5.73 Å². The van der Waals surface area contributed by atoms with Crippen molar-refractivity contribution in [2.75, 3.05) is 6.54 Å². The number of benzene rings is 2. The minimum atomic E-state index is 0.212. The van der Waals surface area contributed by atoms with Crippen LogP contribution < -0.4 is 5.73 Å². The molecule has 100 valence electrons. The summed E-state index contributed by atoms with van der Waals surface area (Å²) in [6.45, 7) is 0.658. The molecule has 0 aliphatic rings. The summed E-state index contributed by atoms with van der Waals surface area (Å²) in [5.74, 6) is 0.212. The number of rotatable bonds is 3. The van der Waals surface area contributed by atoms with Crippen LogP contribution in [0.3, 0.4) is 0 Å². The lowest BCUT2D eigenvalue weighted by Gasteiger charge is -2.08. The first-order valence-corrected chi connectivity index (χ1v) is 6.65. The van der Waals surface area contributed by atoms with Gasteiger partial charge in [0.15, 0.2) is 0 Å². The first kappa shape index (κ1) is 12.6. The summed E-state index contributed by atoms with van der Waals surface area (Å²) >= 11 is 0. The average Bonchev–Trinajstić information content (AvgIpc) is 2.49. The number of pyridine rings is 1. The van der Waals surface area contributed by atoms with Crippen molar-refractivity contribution >= 4 is 10.9 Å². The van der Waals surface area contributed by atoms with Crippen molar-refractivity contribution in [3.8, 4) is 16.9 Å². The lowest BCUT2D eigenvalue weighted by Crippen LogP contribution is -2.02. The van der Waals surface area contributed by atoms with E-state index in [0.717, 1.165) is 22.9 Å². The van der Waals surface area contributed by atoms with E-state index in [1.165, 1.54) is 5.56 Å². The first-order chi connectivity index (χ1) is 9.79. The molecule has 0 bridgehead atoms. The molecule has 3 aromatic rings. The van der Waals surface area contributed by atoms with Gasteiger partial charge in [-0.15, -0.1) is 0 Å². The molecule has 0 aliphatic heterocycles. The van der Waals surface area contributed by atoms with Gasteiger partial charge < -0.3 is 10.8 Å². The van der Waals surface area contributed by atoms with Crippen LogP contribution in [0.15, 0.2) is 54.7 Å². The van der Waals surface area contributed by atoms with Crippen molar-refractivity contribution in [1.82, 2.24) is 4.98 Å². The minimum absolute atomic E-state index is 0.212. The molecule has 3 nitrogen and oxygen atoms in total. The van der Waals surface area contributed by atoms with Crippen molar-refractivity contribution < 1.29 is 5.11 Å². The van der Waals surface area contributed by atoms with Crippen LogP contribution in [-0.4, -0.2) is 16.6 Å². The second kappa shape index (κ2) is 5.31. The zero-order valence-electron chi connectivity index (χ0n) is 11.1. The SMILES string of the molecule is NCCc1ccc(-c2ccc(O)c3ncccc23)cc1. The number of nitrogens with zero attached hydrogens (tertiary/aromatic N) is 1. The van der Waals surface area contributed by atoms with Crippen molar-refractivity contribution in [3.05, 3.63) is 60.3 Å². The highest BCUT2D eigenvalue weighted by Crippen LogP contribution is 2.32. The molecule has 0 radical (unpaired) electrons. The Bertz CT molecular complexity index is 736. The standard InChI is InChI=1S/C17H16N2O/c18-10-9-12-3-5-13(6-4-12)14-7-8-16(20)17-15(14)2-1-11-19-17/h1-8,11,20H,9-10,18H2. The summed E-state index contributed by atoms with van der Waals surface area (Å²) < 4.78 is 0. The van der Waals surface area contributed by atoms with Crippen LogP contribution in [0.5, 0.6) is 5.75 Å². The number of phenolic OH excluding ortho intramolecular Hbond substituents is 1. The molecule has 0 atom stereocenters. The average molecular weight is 264 g/mol. The van der Waals surface area contributed by atoms with E-state index in [9.17, 15) is 5.11 Å². The van der Waals surface area contributed by atoms with Crippen LogP contribution in [-0.2, 0) is 6.42 Å². The van der Waals surface area contributed by atoms with Crippen molar-refractivity contribution in [3.63, 3.8) is 0 Å². The van der Waals surface area contributed by atoms with Gasteiger partial charge >= 0.3 is 0 Å². The zero-order chi connectivity index (χ0) is 13.9. The Morgan fingerprint density at radius 2 is 1.80 bits per heavy atom. The van der Waals surface area contributed by atoms with E-state index in [2.05, 4.69) is 29.2 Å². The second-order valence-corrected chi connectivity index (χ2v) is 4.77. The Morgan fingerprint density at radius 3 is 2.55 bits per heavy atom. The van der Waals surface area contributed by atoms with E-state index in [0.29, 0.717) is 12.1 Å². The Labute approximate surface area is 117 Å². The summed E-state index contributed by atoms with van der Waals surface area (Å²) in [7, 11) is 0. The van der Waals surface area contributed by atoms with Crippen LogP contribution in [0.2, 0.25) is 0 Å². The van der Waals surface area contributed by atoms with Gasteiger partial charge in [-0.2, -0.15) is 0 Å². The predicted octanol–water partition coefficient (Wildman–Crippen LogP) is 3.11. The molecule has 0 aliphatic carbocycles. The molecule has 1 heterocycles. The second-order valence-electron chi connectivity index (χ2n) is 4.77. The van der Waals surface area contributed by atoms with E-state index in [-0.39, 0.29) is 5.75 Å². The third kappa shape index (κ3) is 2.24. The Morgan fingerprint density at radius 1 is 1.00 bits per heavy atom. The molecule has 3 N–H and O–H groups in total. The molecule has 0 amide bonds. The van der Waals surface area contributed by atoms with Gasteiger partial charge in [-0.25, -0.2) is 0 Å². The van der Waals surface area contributed by atoms with Gasteiger partial charge in [0.25, 0.3) is 0 Å². The molecule has 2 aromatic carbocycles. The first-order valence-electron chi connectivity index (χ1n) is 6.65. The Balaban J connectivity index is 2.12. The molecule has 3 rings (SSSR count). The largest absolute Gasteiger partial charge is 0.506 e. The topological polar surface area (TPSA) is 59.1 Å². The van der Waals surface area contributed by atoms with Crippen LogP contribution in [0.1, 0.15) is 5.56 Å². The number of aromatic nitrogens is 1. The smallest absolute Gasteiger partial charge is 0.141 e. The van der Waals surface area contributed by atoms with E-state index in [4.69, 9.17) is 5.73 Å². The van der Waals surface area contributed by atoms with Gasteiger partial charge in [0, 0.05) is 11.6 Å². The van der Waals surface area contributed by atoms with Crippen LogP contribution in [0, 0.1) is 0 Å². The summed E-state index contributed by atoms with van der Waals surface area (Å²) in [6.07, 6.45) is 2.58. The van der Waals surface area contributed by atoms with Gasteiger partial charge in [-0.3, -0.25) is 4.98 Å². The number of hydrogen-bond acceptors (Lipinski definition) is 3. The van der Waals surface area contributed by atoms with E-state index in [1.54, 1.807) is 12.3 Å². The number of aromatic hydroxyl groups is 1. The Kier molecular flexibility index (Phi) is 3.35. The monoisotopic (exact) mass is 264 g/mol. The maximum Gasteiger partial charge on any atom is 0.141 e. The molecule has 3 heteroatoms. The third-order valence-electron chi connectivity index (χ3n) is 3.45. The lowest BCUT2D eigenvalue weighted by molar-refractivity contribution is 0.480. The zero-order valence-corrected chi connectivity index (χ0v) is 11.1. The minimum Gasteiger partial charge on any atom is -0.506 e. The summed E-state index contributed by atoms with van der Waals surface area (Å²) in [4.78, 5) is 4.25. The van der Waals surface area contributed by atoms with Crippen molar-refractivity contribution in [1.29, 1.82) is 0 Å². The quantitative estimate of drug-likeness (QED) is 0.764. The summed E-state index contributed by atoms with van der Waals surface area (Å²) in [5.41, 5.74) is 9.62. The van der Waals surface area contributed by atoms with Gasteiger partial charge in [-0.1, -0.05) is 30.3 Å². The molecular weight excluding hydrogens is 248 g/mol. The normalized spacial score (nSPS) is 10.8. The molecule has 0 spiro atoms. The summed E-state index contributed by atoms with van der Waals surface area (Å²) in [5, 5.41) is 10.8. The molecule has 0 saturated heterocycles.